The number of carbonyl (C=O) groups is 2. The number of ketones is 1. The van der Waals surface area contributed by atoms with Gasteiger partial charge >= 0.3 is 0 Å². The third kappa shape index (κ3) is 4.36. The van der Waals surface area contributed by atoms with E-state index >= 15 is 0 Å². The fourth-order valence-electron chi connectivity index (χ4n) is 4.62. The lowest BCUT2D eigenvalue weighted by molar-refractivity contribution is -0.132. The molecule has 0 aromatic heterocycles. The number of methoxy groups -OCH3 is 2. The molecule has 1 atom stereocenters. The van der Waals surface area contributed by atoms with Gasteiger partial charge in [-0.15, -0.1) is 0 Å². The quantitative estimate of drug-likeness (QED) is 0.270. The molecule has 1 unspecified atom stereocenters. The topological polar surface area (TPSA) is 104 Å². The van der Waals surface area contributed by atoms with Gasteiger partial charge in [-0.1, -0.05) is 18.2 Å². The first kappa shape index (κ1) is 25.0. The second kappa shape index (κ2) is 10.0. The molecule has 3 aromatic carbocycles. The van der Waals surface area contributed by atoms with Crippen molar-refractivity contribution >= 4 is 23.1 Å². The number of aliphatic hydroxyl groups is 1. The summed E-state index contributed by atoms with van der Waals surface area (Å²) in [7, 11) is 3.01. The highest BCUT2D eigenvalue weighted by atomic mass is 16.7. The Labute approximate surface area is 219 Å². The number of hydrogen-bond donors (Lipinski definition) is 1. The monoisotopic (exact) mass is 517 g/mol. The van der Waals surface area contributed by atoms with Gasteiger partial charge in [0.1, 0.15) is 11.5 Å². The smallest absolute Gasteiger partial charge is 0.300 e. The summed E-state index contributed by atoms with van der Waals surface area (Å²) in [5.74, 6) is 0.472. The van der Waals surface area contributed by atoms with E-state index in [0.717, 1.165) is 0 Å². The Morgan fingerprint density at radius 3 is 2.45 bits per heavy atom. The van der Waals surface area contributed by atoms with Crippen molar-refractivity contribution in [3.63, 3.8) is 0 Å². The van der Waals surface area contributed by atoms with Crippen LogP contribution in [0.4, 0.5) is 5.69 Å². The highest BCUT2D eigenvalue weighted by molar-refractivity contribution is 6.51. The molecule has 0 radical (unpaired) electrons. The molecule has 2 aliphatic rings. The molecule has 1 amide bonds. The predicted octanol–water partition coefficient (Wildman–Crippen LogP) is 4.85. The maximum atomic E-state index is 13.5. The van der Waals surface area contributed by atoms with Gasteiger partial charge in [-0.25, -0.2) is 0 Å². The minimum absolute atomic E-state index is 0.0610. The van der Waals surface area contributed by atoms with E-state index < -0.39 is 17.7 Å². The van der Waals surface area contributed by atoms with Crippen molar-refractivity contribution in [2.45, 2.75) is 26.0 Å². The largest absolute Gasteiger partial charge is 0.507 e. The molecule has 0 saturated carbocycles. The van der Waals surface area contributed by atoms with Crippen LogP contribution in [0.3, 0.4) is 0 Å². The van der Waals surface area contributed by atoms with Crippen molar-refractivity contribution in [1.82, 2.24) is 0 Å². The molecule has 0 bridgehead atoms. The van der Waals surface area contributed by atoms with E-state index in [1.165, 1.54) is 19.1 Å². The van der Waals surface area contributed by atoms with Crippen molar-refractivity contribution in [2.75, 3.05) is 25.9 Å². The highest BCUT2D eigenvalue weighted by Gasteiger charge is 2.47. The lowest BCUT2D eigenvalue weighted by Gasteiger charge is -2.26. The van der Waals surface area contributed by atoms with Crippen molar-refractivity contribution in [1.29, 1.82) is 0 Å². The van der Waals surface area contributed by atoms with Crippen LogP contribution < -0.4 is 28.6 Å². The third-order valence-electron chi connectivity index (χ3n) is 6.28. The Morgan fingerprint density at radius 1 is 0.947 bits per heavy atom. The summed E-state index contributed by atoms with van der Waals surface area (Å²) in [6, 6.07) is 15.9. The Balaban J connectivity index is 1.70. The molecule has 1 fully saturated rings. The molecule has 196 valence electrons. The van der Waals surface area contributed by atoms with Gasteiger partial charge in [-0.2, -0.15) is 0 Å². The van der Waals surface area contributed by atoms with Gasteiger partial charge in [0, 0.05) is 17.3 Å². The molecule has 3 aromatic rings. The molecular weight excluding hydrogens is 490 g/mol. The highest BCUT2D eigenvalue weighted by Crippen LogP contribution is 2.46. The maximum absolute atomic E-state index is 13.5. The number of nitrogens with zero attached hydrogens (tertiary/aromatic N) is 1. The van der Waals surface area contributed by atoms with Crippen LogP contribution in [0.1, 0.15) is 31.0 Å². The number of amides is 1. The number of carbonyl (C=O) groups excluding carboxylic acids is 2. The molecule has 1 N–H and O–H groups in total. The average molecular weight is 518 g/mol. The molecule has 1 saturated heterocycles. The van der Waals surface area contributed by atoms with E-state index in [-0.39, 0.29) is 24.2 Å². The normalized spacial score (nSPS) is 17.7. The van der Waals surface area contributed by atoms with E-state index in [0.29, 0.717) is 45.6 Å². The Bertz CT molecular complexity index is 1440. The van der Waals surface area contributed by atoms with Gasteiger partial charge in [0.25, 0.3) is 11.7 Å². The lowest BCUT2D eigenvalue weighted by atomic mass is 9.94. The van der Waals surface area contributed by atoms with E-state index in [9.17, 15) is 14.7 Å². The number of hydrogen-bond acceptors (Lipinski definition) is 8. The zero-order valence-electron chi connectivity index (χ0n) is 21.4. The summed E-state index contributed by atoms with van der Waals surface area (Å²) in [4.78, 5) is 28.4. The maximum Gasteiger partial charge on any atom is 0.300 e. The van der Waals surface area contributed by atoms with Crippen LogP contribution in [-0.4, -0.2) is 43.9 Å². The second-order valence-corrected chi connectivity index (χ2v) is 9.02. The van der Waals surface area contributed by atoms with Crippen molar-refractivity contribution in [2.24, 2.45) is 0 Å². The first-order valence-electron chi connectivity index (χ1n) is 12.0. The number of aliphatic hydroxyl groups excluding tert-OH is 1. The number of anilines is 1. The molecule has 9 nitrogen and oxygen atoms in total. The summed E-state index contributed by atoms with van der Waals surface area (Å²) in [6.45, 7) is 3.84. The second-order valence-electron chi connectivity index (χ2n) is 9.02. The van der Waals surface area contributed by atoms with Crippen LogP contribution in [0, 0.1) is 0 Å². The van der Waals surface area contributed by atoms with Gasteiger partial charge < -0.3 is 28.8 Å². The first-order valence-corrected chi connectivity index (χ1v) is 12.0. The van der Waals surface area contributed by atoms with Gasteiger partial charge in [0.15, 0.2) is 23.0 Å². The molecule has 5 rings (SSSR count). The third-order valence-corrected chi connectivity index (χ3v) is 6.28. The minimum atomic E-state index is -0.968. The number of Topliss-reactive ketones (excluding diaryl/α,β-unsaturated/α-hetero) is 1. The zero-order valence-corrected chi connectivity index (χ0v) is 21.4. The van der Waals surface area contributed by atoms with Gasteiger partial charge in [-0.05, 0) is 55.8 Å². The summed E-state index contributed by atoms with van der Waals surface area (Å²) < 4.78 is 27.5. The first-order chi connectivity index (χ1) is 18.3. The molecule has 2 heterocycles. The van der Waals surface area contributed by atoms with Crippen LogP contribution in [0.2, 0.25) is 0 Å². The number of ether oxygens (including phenoxy) is 5. The van der Waals surface area contributed by atoms with Crippen molar-refractivity contribution in [3.8, 4) is 28.7 Å². The molecule has 0 spiro atoms. The van der Waals surface area contributed by atoms with Crippen molar-refractivity contribution in [3.05, 3.63) is 77.4 Å². The minimum Gasteiger partial charge on any atom is -0.507 e. The van der Waals surface area contributed by atoms with E-state index in [1.807, 2.05) is 13.8 Å². The fraction of sp³-hybridized carbons (Fsp3) is 0.241. The molecular formula is C29H27NO8. The fourth-order valence-corrected chi connectivity index (χ4v) is 4.62. The summed E-state index contributed by atoms with van der Waals surface area (Å²) in [6.07, 6.45) is -0.0873. The molecule has 9 heteroatoms. The van der Waals surface area contributed by atoms with E-state index in [2.05, 4.69) is 0 Å². The van der Waals surface area contributed by atoms with Crippen LogP contribution in [0.15, 0.2) is 66.2 Å². The van der Waals surface area contributed by atoms with Crippen LogP contribution in [0.25, 0.3) is 5.76 Å². The Hall–Kier alpha value is -4.66. The van der Waals surface area contributed by atoms with Gasteiger partial charge in [0.05, 0.1) is 31.9 Å². The SMILES string of the molecule is COc1ccc(C2/C(=C(\O)c3cccc(OC(C)C)c3)C(=O)C(=O)N2c2ccc3c(c2)OCO3)cc1OC. The average Bonchev–Trinajstić information content (AvgIpc) is 3.49. The molecule has 2 aliphatic heterocycles. The molecule has 0 aliphatic carbocycles. The predicted molar refractivity (Wildman–Crippen MR) is 139 cm³/mol. The number of rotatable bonds is 7. The summed E-state index contributed by atoms with van der Waals surface area (Å²) in [5.41, 5.74) is 1.22. The molecule has 38 heavy (non-hydrogen) atoms. The Kier molecular flexibility index (Phi) is 6.59. The number of benzene rings is 3. The Morgan fingerprint density at radius 2 is 1.71 bits per heavy atom. The van der Waals surface area contributed by atoms with Gasteiger partial charge in [-0.3, -0.25) is 14.5 Å². The van der Waals surface area contributed by atoms with Crippen LogP contribution in [-0.2, 0) is 9.59 Å². The van der Waals surface area contributed by atoms with Crippen LogP contribution >= 0.6 is 0 Å². The number of fused-ring (bicyclic) bond motifs is 1. The van der Waals surface area contributed by atoms with E-state index in [4.69, 9.17) is 23.7 Å². The van der Waals surface area contributed by atoms with Gasteiger partial charge in [0.2, 0.25) is 6.79 Å². The standard InChI is InChI=1S/C29H27NO8/c1-16(2)38-20-7-5-6-18(12-20)27(31)25-26(17-8-10-21(34-3)23(13-17)35-4)30(29(33)28(25)32)19-9-11-22-24(14-19)37-15-36-22/h5-14,16,26,31H,15H2,1-4H3/b27-25+. The lowest BCUT2D eigenvalue weighted by Crippen LogP contribution is -2.29. The van der Waals surface area contributed by atoms with Crippen LogP contribution in [0.5, 0.6) is 28.7 Å². The summed E-state index contributed by atoms with van der Waals surface area (Å²) >= 11 is 0. The van der Waals surface area contributed by atoms with Crippen molar-refractivity contribution < 1.29 is 38.4 Å². The summed E-state index contributed by atoms with van der Waals surface area (Å²) in [5, 5.41) is 11.5. The van der Waals surface area contributed by atoms with E-state index in [1.54, 1.807) is 60.7 Å². The zero-order chi connectivity index (χ0) is 27.0.